The molecule has 1 aliphatic heterocycles. The first kappa shape index (κ1) is 22.7. The van der Waals surface area contributed by atoms with Gasteiger partial charge < -0.3 is 15.0 Å². The minimum absolute atomic E-state index is 0.0490. The van der Waals surface area contributed by atoms with Crippen LogP contribution in [0.5, 0.6) is 0 Å². The van der Waals surface area contributed by atoms with Crippen LogP contribution in [0.1, 0.15) is 64.1 Å². The van der Waals surface area contributed by atoms with E-state index < -0.39 is 5.97 Å². The van der Waals surface area contributed by atoms with Gasteiger partial charge >= 0.3 is 5.97 Å². The number of benzene rings is 2. The fraction of sp³-hybridized carbons (Fsp3) is 0.280. The summed E-state index contributed by atoms with van der Waals surface area (Å²) < 4.78 is 0. The van der Waals surface area contributed by atoms with Crippen LogP contribution in [-0.2, 0) is 6.54 Å². The number of nitrogens with zero attached hydrogens (tertiary/aromatic N) is 2. The summed E-state index contributed by atoms with van der Waals surface area (Å²) in [6, 6.07) is 13.1. The van der Waals surface area contributed by atoms with Crippen molar-refractivity contribution in [2.45, 2.75) is 38.6 Å². The number of aromatic carboxylic acids is 1. The number of carboxylic acids is 1. The molecule has 1 unspecified atom stereocenters. The average Bonchev–Trinajstić information content (AvgIpc) is 2.82. The highest BCUT2D eigenvalue weighted by molar-refractivity contribution is 6.30. The zero-order valence-corrected chi connectivity index (χ0v) is 18.9. The van der Waals surface area contributed by atoms with Crippen molar-refractivity contribution < 1.29 is 14.7 Å². The Hall–Kier alpha value is -3.45. The van der Waals surface area contributed by atoms with Gasteiger partial charge in [0.25, 0.3) is 11.5 Å². The van der Waals surface area contributed by atoms with Crippen molar-refractivity contribution in [3.63, 3.8) is 0 Å². The number of carboxylic acid groups (broad SMARTS) is 1. The molecule has 2 N–H and O–H groups in total. The van der Waals surface area contributed by atoms with Crippen LogP contribution in [-0.4, -0.2) is 38.4 Å². The summed E-state index contributed by atoms with van der Waals surface area (Å²) in [5.74, 6) is -1.00. The Balaban J connectivity index is 1.71. The molecule has 1 amide bonds. The SMILES string of the molecule is CCCCC1CN(C(=O)c2cccc(C(=O)O)c2)Cc2c1nc(-c1ccc(Cl)cc1)[nH]c2=O. The first-order valence-electron chi connectivity index (χ1n) is 10.9. The molecule has 33 heavy (non-hydrogen) atoms. The predicted octanol–water partition coefficient (Wildman–Crippen LogP) is 4.72. The van der Waals surface area contributed by atoms with Crippen molar-refractivity contribution in [1.29, 1.82) is 0 Å². The van der Waals surface area contributed by atoms with Gasteiger partial charge in [-0.05, 0) is 48.9 Å². The number of aromatic amines is 1. The van der Waals surface area contributed by atoms with Crippen LogP contribution in [0, 0.1) is 0 Å². The molecule has 4 rings (SSSR count). The molecule has 2 aromatic carbocycles. The largest absolute Gasteiger partial charge is 0.478 e. The van der Waals surface area contributed by atoms with Gasteiger partial charge in [0.1, 0.15) is 5.82 Å². The van der Waals surface area contributed by atoms with Gasteiger partial charge in [-0.15, -0.1) is 0 Å². The van der Waals surface area contributed by atoms with Crippen LogP contribution >= 0.6 is 11.6 Å². The molecule has 1 atom stereocenters. The van der Waals surface area contributed by atoms with Gasteiger partial charge in [-0.2, -0.15) is 0 Å². The molecular formula is C25H24ClN3O4. The van der Waals surface area contributed by atoms with Crippen LogP contribution < -0.4 is 5.56 Å². The Labute approximate surface area is 196 Å². The topological polar surface area (TPSA) is 103 Å². The van der Waals surface area contributed by atoms with Crippen molar-refractivity contribution in [2.24, 2.45) is 0 Å². The predicted molar refractivity (Wildman–Crippen MR) is 126 cm³/mol. The molecule has 0 fully saturated rings. The summed E-state index contributed by atoms with van der Waals surface area (Å²) in [4.78, 5) is 46.8. The summed E-state index contributed by atoms with van der Waals surface area (Å²) in [5, 5.41) is 9.85. The molecule has 0 saturated carbocycles. The fourth-order valence-corrected chi connectivity index (χ4v) is 4.29. The van der Waals surface area contributed by atoms with E-state index in [1.807, 2.05) is 12.1 Å². The highest BCUT2D eigenvalue weighted by atomic mass is 35.5. The Bertz CT molecular complexity index is 1250. The second-order valence-electron chi connectivity index (χ2n) is 8.20. The number of aromatic nitrogens is 2. The van der Waals surface area contributed by atoms with Crippen LogP contribution in [0.4, 0.5) is 0 Å². The summed E-state index contributed by atoms with van der Waals surface area (Å²) in [6.45, 7) is 2.63. The standard InChI is InChI=1S/C25H24ClN3O4/c1-2-3-5-18-13-29(24(31)16-6-4-7-17(12-16)25(32)33)14-20-21(18)27-22(28-23(20)30)15-8-10-19(26)11-9-15/h4,6-12,18H,2-3,5,13-14H2,1H3,(H,32,33)(H,27,28,30). The first-order valence-corrected chi connectivity index (χ1v) is 11.3. The zero-order valence-electron chi connectivity index (χ0n) is 18.2. The van der Waals surface area contributed by atoms with E-state index in [0.717, 1.165) is 30.5 Å². The highest BCUT2D eigenvalue weighted by Gasteiger charge is 2.32. The van der Waals surface area contributed by atoms with Gasteiger partial charge in [-0.25, -0.2) is 9.78 Å². The number of carbonyl (C=O) groups is 2. The highest BCUT2D eigenvalue weighted by Crippen LogP contribution is 2.31. The maximum Gasteiger partial charge on any atom is 0.335 e. The van der Waals surface area contributed by atoms with Crippen molar-refractivity contribution in [3.05, 3.63) is 86.3 Å². The number of carbonyl (C=O) groups excluding carboxylic acids is 1. The third-order valence-electron chi connectivity index (χ3n) is 5.89. The van der Waals surface area contributed by atoms with Crippen molar-refractivity contribution in [1.82, 2.24) is 14.9 Å². The van der Waals surface area contributed by atoms with Crippen LogP contribution in [0.3, 0.4) is 0 Å². The van der Waals surface area contributed by atoms with E-state index in [1.54, 1.807) is 29.2 Å². The number of hydrogen-bond donors (Lipinski definition) is 2. The van der Waals surface area contributed by atoms with E-state index in [2.05, 4.69) is 11.9 Å². The fourth-order valence-electron chi connectivity index (χ4n) is 4.16. The molecule has 7 nitrogen and oxygen atoms in total. The van der Waals surface area contributed by atoms with E-state index in [-0.39, 0.29) is 35.1 Å². The second kappa shape index (κ2) is 9.58. The van der Waals surface area contributed by atoms with Gasteiger partial charge in [-0.1, -0.05) is 37.4 Å². The van der Waals surface area contributed by atoms with E-state index in [4.69, 9.17) is 16.6 Å². The number of H-pyrrole nitrogens is 1. The number of hydrogen-bond acceptors (Lipinski definition) is 4. The quantitative estimate of drug-likeness (QED) is 0.548. The van der Waals surface area contributed by atoms with Gasteiger partial charge in [-0.3, -0.25) is 9.59 Å². The molecule has 0 spiro atoms. The van der Waals surface area contributed by atoms with Crippen LogP contribution in [0.15, 0.2) is 53.3 Å². The lowest BCUT2D eigenvalue weighted by atomic mass is 9.90. The summed E-state index contributed by atoms with van der Waals surface area (Å²) in [6.07, 6.45) is 2.71. The molecule has 0 radical (unpaired) electrons. The number of halogens is 1. The summed E-state index contributed by atoms with van der Waals surface area (Å²) in [5.41, 5.74) is 2.02. The minimum atomic E-state index is -1.09. The van der Waals surface area contributed by atoms with Gasteiger partial charge in [0.2, 0.25) is 0 Å². The first-order chi connectivity index (χ1) is 15.9. The number of rotatable bonds is 6. The van der Waals surface area contributed by atoms with Gasteiger partial charge in [0.05, 0.1) is 23.4 Å². The maximum atomic E-state index is 13.2. The normalized spacial score (nSPS) is 15.2. The number of amides is 1. The van der Waals surface area contributed by atoms with Crippen molar-refractivity contribution >= 4 is 23.5 Å². The molecule has 0 saturated heterocycles. The van der Waals surface area contributed by atoms with E-state index in [9.17, 15) is 19.5 Å². The molecule has 0 bridgehead atoms. The smallest absolute Gasteiger partial charge is 0.335 e. The Morgan fingerprint density at radius 2 is 1.91 bits per heavy atom. The van der Waals surface area contributed by atoms with E-state index in [1.165, 1.54) is 12.1 Å². The lowest BCUT2D eigenvalue weighted by molar-refractivity contribution is 0.0697. The lowest BCUT2D eigenvalue weighted by Gasteiger charge is -2.34. The van der Waals surface area contributed by atoms with E-state index >= 15 is 0 Å². The Morgan fingerprint density at radius 1 is 1.18 bits per heavy atom. The number of fused-ring (bicyclic) bond motifs is 1. The van der Waals surface area contributed by atoms with Gasteiger partial charge in [0.15, 0.2) is 0 Å². The van der Waals surface area contributed by atoms with Crippen molar-refractivity contribution in [2.75, 3.05) is 6.54 Å². The van der Waals surface area contributed by atoms with Crippen molar-refractivity contribution in [3.8, 4) is 11.4 Å². The third kappa shape index (κ3) is 4.83. The van der Waals surface area contributed by atoms with E-state index in [0.29, 0.717) is 23.0 Å². The Morgan fingerprint density at radius 3 is 2.61 bits per heavy atom. The van der Waals surface area contributed by atoms with Crippen LogP contribution in [0.25, 0.3) is 11.4 Å². The second-order valence-corrected chi connectivity index (χ2v) is 8.63. The van der Waals surface area contributed by atoms with Gasteiger partial charge in [0, 0.05) is 28.6 Å². The monoisotopic (exact) mass is 465 g/mol. The average molecular weight is 466 g/mol. The molecule has 0 aliphatic carbocycles. The molecule has 170 valence electrons. The molecule has 8 heteroatoms. The molecule has 1 aliphatic rings. The summed E-state index contributed by atoms with van der Waals surface area (Å²) in [7, 11) is 0. The summed E-state index contributed by atoms with van der Waals surface area (Å²) >= 11 is 5.99. The Kier molecular flexibility index (Phi) is 6.60. The maximum absolute atomic E-state index is 13.2. The number of nitrogens with one attached hydrogen (secondary N) is 1. The number of unbranched alkanes of at least 4 members (excludes halogenated alkanes) is 1. The molecule has 2 heterocycles. The van der Waals surface area contributed by atoms with Crippen LogP contribution in [0.2, 0.25) is 5.02 Å². The zero-order chi connectivity index (χ0) is 23.5. The molecular weight excluding hydrogens is 442 g/mol. The lowest BCUT2D eigenvalue weighted by Crippen LogP contribution is -2.42. The molecule has 3 aromatic rings. The third-order valence-corrected chi connectivity index (χ3v) is 6.14. The molecule has 1 aromatic heterocycles. The minimum Gasteiger partial charge on any atom is -0.478 e.